The van der Waals surface area contributed by atoms with E-state index in [4.69, 9.17) is 16.3 Å². The lowest BCUT2D eigenvalue weighted by atomic mass is 10.1. The summed E-state index contributed by atoms with van der Waals surface area (Å²) in [6.45, 7) is 3.31. The monoisotopic (exact) mass is 513 g/mol. The number of halogens is 2. The van der Waals surface area contributed by atoms with E-state index in [-0.39, 0.29) is 23.2 Å². The number of amides is 2. The summed E-state index contributed by atoms with van der Waals surface area (Å²) >= 11 is 6.16. The van der Waals surface area contributed by atoms with E-state index < -0.39 is 34.3 Å². The van der Waals surface area contributed by atoms with Gasteiger partial charge in [-0.2, -0.15) is 0 Å². The molecular formula is C23H29ClFN3O5S. The lowest BCUT2D eigenvalue weighted by molar-refractivity contribution is -0.139. The molecule has 1 atom stereocenters. The van der Waals surface area contributed by atoms with E-state index in [9.17, 15) is 22.4 Å². The predicted molar refractivity (Wildman–Crippen MR) is 130 cm³/mol. The summed E-state index contributed by atoms with van der Waals surface area (Å²) in [5, 5.41) is 2.92. The number of nitrogens with zero attached hydrogens (tertiary/aromatic N) is 2. The molecule has 0 aromatic heterocycles. The van der Waals surface area contributed by atoms with Crippen LogP contribution in [0.2, 0.25) is 5.02 Å². The molecule has 8 nitrogen and oxygen atoms in total. The maximum Gasteiger partial charge on any atom is 0.244 e. The van der Waals surface area contributed by atoms with Crippen molar-refractivity contribution in [1.82, 2.24) is 10.2 Å². The second-order valence-corrected chi connectivity index (χ2v) is 10.0. The second kappa shape index (κ2) is 12.0. The van der Waals surface area contributed by atoms with Gasteiger partial charge in [-0.25, -0.2) is 12.8 Å². The van der Waals surface area contributed by atoms with Crippen LogP contribution in [0.3, 0.4) is 0 Å². The van der Waals surface area contributed by atoms with Crippen LogP contribution in [0.25, 0.3) is 0 Å². The lowest BCUT2D eigenvalue weighted by Gasteiger charge is -2.31. The number of hydrogen-bond donors (Lipinski definition) is 1. The molecule has 0 radical (unpaired) electrons. The average molecular weight is 514 g/mol. The van der Waals surface area contributed by atoms with Crippen molar-refractivity contribution in [1.29, 1.82) is 0 Å². The molecule has 34 heavy (non-hydrogen) atoms. The fourth-order valence-electron chi connectivity index (χ4n) is 3.19. The molecule has 11 heteroatoms. The number of nitrogens with one attached hydrogen (secondary N) is 1. The van der Waals surface area contributed by atoms with Crippen LogP contribution in [0.4, 0.5) is 10.1 Å². The van der Waals surface area contributed by atoms with Crippen molar-refractivity contribution in [2.24, 2.45) is 0 Å². The van der Waals surface area contributed by atoms with Crippen molar-refractivity contribution in [3.63, 3.8) is 0 Å². The Morgan fingerprint density at radius 3 is 2.35 bits per heavy atom. The van der Waals surface area contributed by atoms with Crippen LogP contribution in [0, 0.1) is 5.82 Å². The average Bonchev–Trinajstić information content (AvgIpc) is 2.79. The van der Waals surface area contributed by atoms with Crippen molar-refractivity contribution in [3.05, 3.63) is 58.9 Å². The fraction of sp³-hybridized carbons (Fsp3) is 0.391. The minimum Gasteiger partial charge on any atom is -0.495 e. The van der Waals surface area contributed by atoms with Crippen molar-refractivity contribution >= 4 is 39.1 Å². The van der Waals surface area contributed by atoms with Crippen molar-refractivity contribution in [2.75, 3.05) is 30.8 Å². The smallest absolute Gasteiger partial charge is 0.244 e. The van der Waals surface area contributed by atoms with Gasteiger partial charge in [-0.15, -0.1) is 0 Å². The summed E-state index contributed by atoms with van der Waals surface area (Å²) in [4.78, 5) is 27.3. The topological polar surface area (TPSA) is 96.0 Å². The number of benzene rings is 2. The highest BCUT2D eigenvalue weighted by molar-refractivity contribution is 7.92. The Kier molecular flexibility index (Phi) is 9.69. The first-order chi connectivity index (χ1) is 16.0. The number of carbonyl (C=O) groups excluding carboxylic acids is 2. The fourth-order valence-corrected chi connectivity index (χ4v) is 4.28. The van der Waals surface area contributed by atoms with Crippen LogP contribution in [0.1, 0.15) is 25.8 Å². The molecule has 0 aliphatic heterocycles. The van der Waals surface area contributed by atoms with Crippen molar-refractivity contribution in [3.8, 4) is 5.75 Å². The number of sulfonamides is 1. The zero-order chi connectivity index (χ0) is 25.5. The van der Waals surface area contributed by atoms with Gasteiger partial charge in [0.2, 0.25) is 21.8 Å². The largest absolute Gasteiger partial charge is 0.495 e. The van der Waals surface area contributed by atoms with E-state index in [1.54, 1.807) is 6.92 Å². The molecule has 0 aliphatic carbocycles. The van der Waals surface area contributed by atoms with Crippen LogP contribution in [0.5, 0.6) is 5.75 Å². The molecule has 0 bridgehead atoms. The number of ether oxygens (including phenoxy) is 1. The third-order valence-corrected chi connectivity index (χ3v) is 6.52. The molecule has 0 aliphatic rings. The number of rotatable bonds is 11. The number of anilines is 1. The second-order valence-electron chi connectivity index (χ2n) is 7.70. The minimum absolute atomic E-state index is 0.0131. The molecule has 1 N–H and O–H groups in total. The van der Waals surface area contributed by atoms with E-state index in [1.165, 1.54) is 54.5 Å². The van der Waals surface area contributed by atoms with Gasteiger partial charge < -0.3 is 15.0 Å². The van der Waals surface area contributed by atoms with Crippen LogP contribution in [0.15, 0.2) is 42.5 Å². The Morgan fingerprint density at radius 1 is 1.18 bits per heavy atom. The third kappa shape index (κ3) is 7.33. The molecule has 2 aromatic rings. The van der Waals surface area contributed by atoms with Crippen LogP contribution in [-0.4, -0.2) is 57.6 Å². The summed E-state index contributed by atoms with van der Waals surface area (Å²) in [6.07, 6.45) is 1.69. The molecule has 0 unspecified atom stereocenters. The zero-order valence-corrected chi connectivity index (χ0v) is 21.1. The van der Waals surface area contributed by atoms with E-state index in [0.29, 0.717) is 24.3 Å². The highest BCUT2D eigenvalue weighted by Gasteiger charge is 2.30. The van der Waals surface area contributed by atoms with Gasteiger partial charge >= 0.3 is 0 Å². The number of methoxy groups -OCH3 is 1. The maximum atomic E-state index is 13.4. The van der Waals surface area contributed by atoms with Gasteiger partial charge in [-0.3, -0.25) is 13.9 Å². The van der Waals surface area contributed by atoms with E-state index in [0.717, 1.165) is 10.6 Å². The summed E-state index contributed by atoms with van der Waals surface area (Å²) in [6, 6.07) is 8.97. The van der Waals surface area contributed by atoms with Crippen molar-refractivity contribution in [2.45, 2.75) is 32.9 Å². The molecule has 0 heterocycles. The van der Waals surface area contributed by atoms with Gasteiger partial charge in [0, 0.05) is 13.1 Å². The third-order valence-electron chi connectivity index (χ3n) is 5.09. The summed E-state index contributed by atoms with van der Waals surface area (Å²) < 4.78 is 44.5. The molecule has 2 amide bonds. The molecule has 0 spiro atoms. The van der Waals surface area contributed by atoms with E-state index >= 15 is 0 Å². The lowest BCUT2D eigenvalue weighted by Crippen LogP contribution is -2.51. The Bertz CT molecular complexity index is 1110. The first kappa shape index (κ1) is 27.4. The Labute approximate surface area is 204 Å². The molecular weight excluding hydrogens is 485 g/mol. The minimum atomic E-state index is -3.89. The van der Waals surface area contributed by atoms with Crippen molar-refractivity contribution < 1.29 is 27.1 Å². The number of hydrogen-bond acceptors (Lipinski definition) is 5. The highest BCUT2D eigenvalue weighted by Crippen LogP contribution is 2.30. The quantitative estimate of drug-likeness (QED) is 0.498. The van der Waals surface area contributed by atoms with Gasteiger partial charge in [0.25, 0.3) is 0 Å². The molecule has 0 fully saturated rings. The van der Waals surface area contributed by atoms with E-state index in [1.807, 2.05) is 6.92 Å². The van der Waals surface area contributed by atoms with Crippen LogP contribution < -0.4 is 14.4 Å². The molecule has 0 saturated carbocycles. The van der Waals surface area contributed by atoms with Crippen LogP contribution >= 0.6 is 11.6 Å². The zero-order valence-electron chi connectivity index (χ0n) is 19.5. The maximum absolute atomic E-state index is 13.4. The Morgan fingerprint density at radius 2 is 1.82 bits per heavy atom. The van der Waals surface area contributed by atoms with Gasteiger partial charge in [-0.05, 0) is 49.2 Å². The predicted octanol–water partition coefficient (Wildman–Crippen LogP) is 3.20. The summed E-state index contributed by atoms with van der Waals surface area (Å²) in [5.41, 5.74) is 0.759. The SMILES string of the molecule is CCCNC(=O)[C@H](C)N(Cc1ccc(F)cc1)C(=O)CN(c1ccc(OC)c(Cl)c1)S(C)(=O)=O. The van der Waals surface area contributed by atoms with Crippen LogP contribution in [-0.2, 0) is 26.2 Å². The van der Waals surface area contributed by atoms with Gasteiger partial charge in [0.15, 0.2) is 0 Å². The molecule has 0 saturated heterocycles. The Hall–Kier alpha value is -2.85. The van der Waals surface area contributed by atoms with E-state index in [2.05, 4.69) is 5.32 Å². The molecule has 186 valence electrons. The highest BCUT2D eigenvalue weighted by atomic mass is 35.5. The van der Waals surface area contributed by atoms with Gasteiger partial charge in [-0.1, -0.05) is 30.7 Å². The normalized spacial score (nSPS) is 12.1. The summed E-state index contributed by atoms with van der Waals surface area (Å²) in [5.74, 6) is -1.07. The van der Waals surface area contributed by atoms with Gasteiger partial charge in [0.1, 0.15) is 24.2 Å². The Balaban J connectivity index is 2.38. The number of carbonyl (C=O) groups is 2. The van der Waals surface area contributed by atoms with Gasteiger partial charge in [0.05, 0.1) is 24.1 Å². The molecule has 2 rings (SSSR count). The first-order valence-electron chi connectivity index (χ1n) is 10.6. The summed E-state index contributed by atoms with van der Waals surface area (Å²) in [7, 11) is -2.46. The standard InChI is InChI=1S/C23H29ClFN3O5S/c1-5-12-26-23(30)16(2)27(14-17-6-8-18(25)9-7-17)22(29)15-28(34(4,31)32)19-10-11-21(33-3)20(24)13-19/h6-11,13,16H,5,12,14-15H2,1-4H3,(H,26,30)/t16-/m0/s1. The molecule has 2 aromatic carbocycles. The first-order valence-corrected chi connectivity index (χ1v) is 12.8.